The van der Waals surface area contributed by atoms with Gasteiger partial charge in [0.05, 0.1) is 19.8 Å². The molecule has 1 heterocycles. The van der Waals surface area contributed by atoms with Crippen LogP contribution in [0.15, 0.2) is 65.4 Å². The van der Waals surface area contributed by atoms with Crippen molar-refractivity contribution < 1.29 is 14.3 Å². The fraction of sp³-hybridized carbons (Fsp3) is 0.333. The molecule has 6 heteroatoms. The first kappa shape index (κ1) is 22.1. The molecule has 0 aliphatic carbocycles. The van der Waals surface area contributed by atoms with Gasteiger partial charge in [-0.05, 0) is 44.4 Å². The minimum Gasteiger partial charge on any atom is -0.493 e. The molecule has 0 fully saturated rings. The molecule has 158 valence electrons. The maximum Gasteiger partial charge on any atom is 0.305 e. The first-order valence-electron chi connectivity index (χ1n) is 10.3. The Kier molecular flexibility index (Phi) is 8.51. The van der Waals surface area contributed by atoms with Crippen molar-refractivity contribution in [1.82, 2.24) is 9.55 Å². The van der Waals surface area contributed by atoms with Crippen LogP contribution in [0.5, 0.6) is 5.75 Å². The van der Waals surface area contributed by atoms with Crippen LogP contribution >= 0.6 is 15.9 Å². The highest BCUT2D eigenvalue weighted by Gasteiger charge is 2.10. The lowest BCUT2D eigenvalue weighted by Crippen LogP contribution is -2.06. The second-order valence-electron chi connectivity index (χ2n) is 6.96. The van der Waals surface area contributed by atoms with Crippen molar-refractivity contribution in [3.8, 4) is 17.1 Å². The molecule has 0 spiro atoms. The molecule has 0 radical (unpaired) electrons. The average Bonchev–Trinajstić information content (AvgIpc) is 3.20. The van der Waals surface area contributed by atoms with Gasteiger partial charge in [-0.1, -0.05) is 46.3 Å². The number of benzene rings is 2. The van der Waals surface area contributed by atoms with E-state index in [1.165, 1.54) is 0 Å². The summed E-state index contributed by atoms with van der Waals surface area (Å²) in [6.45, 7) is 3.59. The third-order valence-corrected chi connectivity index (χ3v) is 5.25. The van der Waals surface area contributed by atoms with Gasteiger partial charge in [0.25, 0.3) is 0 Å². The number of carbonyl (C=O) groups excluding carboxylic acids is 1. The molecule has 0 aliphatic rings. The van der Waals surface area contributed by atoms with Gasteiger partial charge in [0.1, 0.15) is 11.6 Å². The Balaban J connectivity index is 1.56. The van der Waals surface area contributed by atoms with Crippen LogP contribution in [0.25, 0.3) is 11.4 Å². The number of para-hydroxylation sites is 1. The summed E-state index contributed by atoms with van der Waals surface area (Å²) < 4.78 is 14.2. The SMILES string of the molecule is CCOC(=O)CCCCCOc1ccccc1Cn1ccnc1-c1ccc(Br)cc1. The summed E-state index contributed by atoms with van der Waals surface area (Å²) in [6, 6.07) is 16.3. The number of halogens is 1. The van der Waals surface area contributed by atoms with Crippen LogP contribution < -0.4 is 4.74 Å². The van der Waals surface area contributed by atoms with Gasteiger partial charge in [-0.3, -0.25) is 4.79 Å². The third kappa shape index (κ3) is 6.46. The fourth-order valence-electron chi connectivity index (χ4n) is 3.22. The topological polar surface area (TPSA) is 53.4 Å². The van der Waals surface area contributed by atoms with Crippen LogP contribution in [0.4, 0.5) is 0 Å². The molecule has 0 aliphatic heterocycles. The van der Waals surface area contributed by atoms with Gasteiger partial charge in [-0.15, -0.1) is 0 Å². The minimum atomic E-state index is -0.120. The zero-order valence-electron chi connectivity index (χ0n) is 17.2. The Bertz CT molecular complexity index is 938. The van der Waals surface area contributed by atoms with Gasteiger partial charge >= 0.3 is 5.97 Å². The Morgan fingerprint density at radius 2 is 1.87 bits per heavy atom. The van der Waals surface area contributed by atoms with Crippen LogP contribution in [0, 0.1) is 0 Å². The van der Waals surface area contributed by atoms with Gasteiger partial charge in [-0.25, -0.2) is 4.98 Å². The van der Waals surface area contributed by atoms with Gasteiger partial charge < -0.3 is 14.0 Å². The monoisotopic (exact) mass is 470 g/mol. The Hall–Kier alpha value is -2.60. The molecular weight excluding hydrogens is 444 g/mol. The van der Waals surface area contributed by atoms with E-state index in [-0.39, 0.29) is 5.97 Å². The first-order chi connectivity index (χ1) is 14.7. The van der Waals surface area contributed by atoms with Crippen LogP contribution in [0.3, 0.4) is 0 Å². The van der Waals surface area contributed by atoms with Crippen molar-refractivity contribution in [2.45, 2.75) is 39.2 Å². The van der Waals surface area contributed by atoms with Gasteiger partial charge in [0.15, 0.2) is 0 Å². The van der Waals surface area contributed by atoms with Gasteiger partial charge in [0, 0.05) is 34.4 Å². The normalized spacial score (nSPS) is 10.7. The van der Waals surface area contributed by atoms with Crippen molar-refractivity contribution in [2.75, 3.05) is 13.2 Å². The predicted octanol–water partition coefficient (Wildman–Crippen LogP) is 5.86. The molecule has 0 atom stereocenters. The minimum absolute atomic E-state index is 0.120. The van der Waals surface area contributed by atoms with E-state index in [1.807, 2.05) is 49.6 Å². The van der Waals surface area contributed by atoms with Gasteiger partial charge in [-0.2, -0.15) is 0 Å². The van der Waals surface area contributed by atoms with Crippen molar-refractivity contribution >= 4 is 21.9 Å². The molecule has 0 N–H and O–H groups in total. The number of aromatic nitrogens is 2. The predicted molar refractivity (Wildman–Crippen MR) is 122 cm³/mol. The summed E-state index contributed by atoms with van der Waals surface area (Å²) in [4.78, 5) is 15.9. The molecule has 1 aromatic heterocycles. The molecule has 3 rings (SSSR count). The average molecular weight is 471 g/mol. The van der Waals surface area contributed by atoms with Crippen molar-refractivity contribution in [3.05, 3.63) is 71.0 Å². The molecule has 0 saturated carbocycles. The number of carbonyl (C=O) groups is 1. The lowest BCUT2D eigenvalue weighted by Gasteiger charge is -2.14. The summed E-state index contributed by atoms with van der Waals surface area (Å²) in [5.74, 6) is 1.69. The fourth-order valence-corrected chi connectivity index (χ4v) is 3.48. The number of hydrogen-bond donors (Lipinski definition) is 0. The summed E-state index contributed by atoms with van der Waals surface area (Å²) in [5, 5.41) is 0. The zero-order chi connectivity index (χ0) is 21.2. The maximum atomic E-state index is 11.4. The first-order valence-corrected chi connectivity index (χ1v) is 11.1. The van der Waals surface area contributed by atoms with E-state index in [4.69, 9.17) is 9.47 Å². The zero-order valence-corrected chi connectivity index (χ0v) is 18.8. The molecule has 3 aromatic rings. The molecule has 2 aromatic carbocycles. The number of esters is 1. The smallest absolute Gasteiger partial charge is 0.305 e. The maximum absolute atomic E-state index is 11.4. The molecule has 0 amide bonds. The van der Waals surface area contributed by atoms with E-state index in [2.05, 4.69) is 43.7 Å². The standard InChI is InChI=1S/C24H27BrN2O3/c1-2-29-23(28)10-4-3-7-17-30-22-9-6-5-8-20(22)18-27-16-15-26-24(27)19-11-13-21(25)14-12-19/h5-6,8-9,11-16H,2-4,7,10,17-18H2,1H3. The molecular formula is C24H27BrN2O3. The lowest BCUT2D eigenvalue weighted by atomic mass is 10.1. The van der Waals surface area contributed by atoms with Crippen molar-refractivity contribution in [2.24, 2.45) is 0 Å². The van der Waals surface area contributed by atoms with E-state index in [9.17, 15) is 4.79 Å². The molecule has 0 unspecified atom stereocenters. The lowest BCUT2D eigenvalue weighted by molar-refractivity contribution is -0.143. The Labute approximate surface area is 186 Å². The highest BCUT2D eigenvalue weighted by molar-refractivity contribution is 9.10. The van der Waals surface area contributed by atoms with E-state index >= 15 is 0 Å². The van der Waals surface area contributed by atoms with E-state index in [1.54, 1.807) is 0 Å². The molecule has 0 saturated heterocycles. The van der Waals surface area contributed by atoms with Crippen LogP contribution in [-0.4, -0.2) is 28.7 Å². The third-order valence-electron chi connectivity index (χ3n) is 4.72. The highest BCUT2D eigenvalue weighted by Crippen LogP contribution is 2.24. The molecule has 0 bridgehead atoms. The molecule has 5 nitrogen and oxygen atoms in total. The Morgan fingerprint density at radius 1 is 1.07 bits per heavy atom. The van der Waals surface area contributed by atoms with Crippen LogP contribution in [0.1, 0.15) is 38.2 Å². The van der Waals surface area contributed by atoms with Crippen molar-refractivity contribution in [3.63, 3.8) is 0 Å². The number of hydrogen-bond acceptors (Lipinski definition) is 4. The second-order valence-corrected chi connectivity index (χ2v) is 7.87. The number of unbranched alkanes of at least 4 members (excludes halogenated alkanes) is 2. The quantitative estimate of drug-likeness (QED) is 0.260. The Morgan fingerprint density at radius 3 is 2.67 bits per heavy atom. The number of ether oxygens (including phenoxy) is 2. The summed E-state index contributed by atoms with van der Waals surface area (Å²) in [5.41, 5.74) is 2.18. The van der Waals surface area contributed by atoms with Crippen molar-refractivity contribution in [1.29, 1.82) is 0 Å². The number of rotatable bonds is 11. The summed E-state index contributed by atoms with van der Waals surface area (Å²) in [7, 11) is 0. The number of imidazole rings is 1. The second kappa shape index (κ2) is 11.6. The van der Waals surface area contributed by atoms with E-state index < -0.39 is 0 Å². The highest BCUT2D eigenvalue weighted by atomic mass is 79.9. The summed E-state index contributed by atoms with van der Waals surface area (Å²) >= 11 is 3.48. The summed E-state index contributed by atoms with van der Waals surface area (Å²) in [6.07, 6.45) is 6.96. The molecule has 30 heavy (non-hydrogen) atoms. The largest absolute Gasteiger partial charge is 0.493 e. The van der Waals surface area contributed by atoms with E-state index in [0.29, 0.717) is 26.2 Å². The van der Waals surface area contributed by atoms with Gasteiger partial charge in [0.2, 0.25) is 0 Å². The van der Waals surface area contributed by atoms with E-state index in [0.717, 1.165) is 46.4 Å². The van der Waals surface area contributed by atoms with Crippen LogP contribution in [0.2, 0.25) is 0 Å². The number of nitrogens with zero attached hydrogens (tertiary/aromatic N) is 2. The van der Waals surface area contributed by atoms with Crippen LogP contribution in [-0.2, 0) is 16.1 Å².